The van der Waals surface area contributed by atoms with Crippen LogP contribution in [-0.2, 0) is 29.3 Å². The molecule has 2 N–H and O–H groups in total. The second kappa shape index (κ2) is 10.3. The fourth-order valence-electron chi connectivity index (χ4n) is 3.87. The molecule has 0 amide bonds. The summed E-state index contributed by atoms with van der Waals surface area (Å²) in [5.74, 6) is -1.85. The van der Waals surface area contributed by atoms with E-state index in [1.165, 1.54) is 54.9 Å². The number of aliphatic hydroxyl groups is 2. The Morgan fingerprint density at radius 3 is 2.30 bits per heavy atom. The molecule has 0 aliphatic rings. The molecule has 6 nitrogen and oxygen atoms in total. The maximum atomic E-state index is 15.4. The lowest BCUT2D eigenvalue weighted by atomic mass is 10.0. The summed E-state index contributed by atoms with van der Waals surface area (Å²) in [5.41, 5.74) is -0.548. The van der Waals surface area contributed by atoms with E-state index >= 15 is 4.39 Å². The van der Waals surface area contributed by atoms with Crippen molar-refractivity contribution in [3.8, 4) is 16.8 Å². The topological polar surface area (TPSA) is 92.4 Å². The van der Waals surface area contributed by atoms with Crippen molar-refractivity contribution in [2.75, 3.05) is 0 Å². The van der Waals surface area contributed by atoms with E-state index < -0.39 is 40.4 Å². The second-order valence-corrected chi connectivity index (χ2v) is 10.3. The van der Waals surface area contributed by atoms with Crippen LogP contribution in [0.2, 0.25) is 5.02 Å². The molecular formula is C26H22ClF3N2O4S. The highest BCUT2D eigenvalue weighted by Crippen LogP contribution is 2.31. The van der Waals surface area contributed by atoms with Crippen molar-refractivity contribution in [1.29, 1.82) is 0 Å². The molecule has 0 fully saturated rings. The summed E-state index contributed by atoms with van der Waals surface area (Å²) in [6, 6.07) is 10.1. The highest BCUT2D eigenvalue weighted by atomic mass is 35.5. The first-order chi connectivity index (χ1) is 17.4. The fourth-order valence-corrected chi connectivity index (χ4v) is 4.75. The highest BCUT2D eigenvalue weighted by molar-refractivity contribution is 7.72. The molecule has 1 aromatic heterocycles. The molecule has 4 rings (SSSR count). The van der Waals surface area contributed by atoms with E-state index in [1.54, 1.807) is 0 Å². The number of hydrogen-bond donors (Lipinski definition) is 3. The molecule has 11 heteroatoms. The number of imidazole rings is 1. The van der Waals surface area contributed by atoms with Gasteiger partial charge in [0.1, 0.15) is 28.9 Å². The molecule has 0 saturated heterocycles. The summed E-state index contributed by atoms with van der Waals surface area (Å²) in [4.78, 5) is 4.06. The van der Waals surface area contributed by atoms with Crippen molar-refractivity contribution < 1.29 is 31.8 Å². The third-order valence-electron chi connectivity index (χ3n) is 5.84. The number of aromatic nitrogens is 2. The molecule has 194 valence electrons. The average Bonchev–Trinajstić information content (AvgIpc) is 3.24. The molecule has 0 bridgehead atoms. The van der Waals surface area contributed by atoms with Gasteiger partial charge >= 0.3 is 0 Å². The number of benzene rings is 3. The molecule has 3 aromatic carbocycles. The van der Waals surface area contributed by atoms with Gasteiger partial charge in [0.05, 0.1) is 22.9 Å². The smallest absolute Gasteiger partial charge is 0.168 e. The van der Waals surface area contributed by atoms with Gasteiger partial charge in [0.15, 0.2) is 10.7 Å². The van der Waals surface area contributed by atoms with Crippen LogP contribution in [0.4, 0.5) is 13.2 Å². The van der Waals surface area contributed by atoms with Crippen LogP contribution in [0.15, 0.2) is 59.6 Å². The zero-order chi connectivity index (χ0) is 27.1. The third kappa shape index (κ3) is 5.57. The van der Waals surface area contributed by atoms with Gasteiger partial charge in [-0.15, -0.1) is 0 Å². The highest BCUT2D eigenvalue weighted by Gasteiger charge is 2.24. The summed E-state index contributed by atoms with van der Waals surface area (Å²) in [7, 11) is -3.20. The van der Waals surface area contributed by atoms with E-state index in [0.29, 0.717) is 11.4 Å². The molecular weight excluding hydrogens is 529 g/mol. The number of hydrogen-bond acceptors (Lipinski definition) is 5. The van der Waals surface area contributed by atoms with Gasteiger partial charge in [0.25, 0.3) is 0 Å². The average molecular weight is 551 g/mol. The predicted octanol–water partition coefficient (Wildman–Crippen LogP) is 4.89. The van der Waals surface area contributed by atoms with Crippen molar-refractivity contribution in [3.63, 3.8) is 0 Å². The molecule has 0 aliphatic heterocycles. The predicted molar refractivity (Wildman–Crippen MR) is 133 cm³/mol. The summed E-state index contributed by atoms with van der Waals surface area (Å²) in [6.45, 7) is 2.25. The van der Waals surface area contributed by atoms with Gasteiger partial charge in [-0.2, -0.15) is 0 Å². The van der Waals surface area contributed by atoms with Gasteiger partial charge < -0.3 is 14.8 Å². The first kappa shape index (κ1) is 26.9. The van der Waals surface area contributed by atoms with E-state index in [4.69, 9.17) is 11.6 Å². The second-order valence-electron chi connectivity index (χ2n) is 8.92. The standard InChI is InChI=1S/C26H22ClF3N2O4S/c1-26(2,34)24-12-32(25(31-24)10-15-3-5-17(28)11-19(15)27)22-6-4-14(7-21(22)30)16-8-20(29)18(13-33)23(9-16)37(35)36/h3-9,11-12,33-34,37H,10,13H2,1-2H3. The van der Waals surface area contributed by atoms with Crippen molar-refractivity contribution in [3.05, 3.63) is 99.8 Å². The van der Waals surface area contributed by atoms with E-state index in [9.17, 15) is 27.4 Å². The summed E-state index contributed by atoms with van der Waals surface area (Å²) in [5, 5.41) is 20.0. The Bertz CT molecular complexity index is 1570. The molecule has 0 aliphatic carbocycles. The molecule has 0 saturated carbocycles. The number of rotatable bonds is 7. The van der Waals surface area contributed by atoms with Crippen molar-refractivity contribution in [1.82, 2.24) is 9.55 Å². The van der Waals surface area contributed by atoms with Gasteiger partial charge in [0, 0.05) is 23.2 Å². The first-order valence-electron chi connectivity index (χ1n) is 11.0. The minimum atomic E-state index is -3.20. The Kier molecular flexibility index (Phi) is 7.48. The van der Waals surface area contributed by atoms with Crippen molar-refractivity contribution in [2.24, 2.45) is 0 Å². The van der Waals surface area contributed by atoms with Gasteiger partial charge in [-0.05, 0) is 66.9 Å². The third-order valence-corrected chi connectivity index (χ3v) is 6.98. The molecule has 4 aromatic rings. The quantitative estimate of drug-likeness (QED) is 0.285. The minimum Gasteiger partial charge on any atom is -0.392 e. The zero-order valence-corrected chi connectivity index (χ0v) is 21.3. The zero-order valence-electron chi connectivity index (χ0n) is 19.7. The summed E-state index contributed by atoms with van der Waals surface area (Å²) >= 11 is 6.17. The molecule has 0 spiro atoms. The van der Waals surface area contributed by atoms with Crippen LogP contribution >= 0.6 is 11.6 Å². The van der Waals surface area contributed by atoms with Crippen molar-refractivity contribution >= 4 is 22.3 Å². The Hall–Kier alpha value is -3.18. The van der Waals surface area contributed by atoms with Crippen LogP contribution in [0.3, 0.4) is 0 Å². The van der Waals surface area contributed by atoms with Crippen LogP contribution in [0.25, 0.3) is 16.8 Å². The SMILES string of the molecule is CC(C)(O)c1cn(-c2ccc(-c3cc(F)c(CO)c([SH](=O)=O)c3)cc2F)c(Cc2ccc(F)cc2Cl)n1. The maximum absolute atomic E-state index is 15.4. The number of thiol groups is 1. The lowest BCUT2D eigenvalue weighted by molar-refractivity contribution is 0.0741. The van der Waals surface area contributed by atoms with Crippen LogP contribution in [-0.4, -0.2) is 28.2 Å². The first-order valence-corrected chi connectivity index (χ1v) is 12.6. The Balaban J connectivity index is 1.81. The minimum absolute atomic E-state index is 0.0579. The summed E-state index contributed by atoms with van der Waals surface area (Å²) < 4.78 is 67.9. The Morgan fingerprint density at radius 1 is 1.00 bits per heavy atom. The van der Waals surface area contributed by atoms with Gasteiger partial charge in [-0.3, -0.25) is 0 Å². The van der Waals surface area contributed by atoms with Gasteiger partial charge in [0.2, 0.25) is 0 Å². The largest absolute Gasteiger partial charge is 0.392 e. The fraction of sp³-hybridized carbons (Fsp3) is 0.192. The van der Waals surface area contributed by atoms with Crippen LogP contribution in [0, 0.1) is 17.5 Å². The maximum Gasteiger partial charge on any atom is 0.168 e. The Labute approximate surface area is 217 Å². The van der Waals surface area contributed by atoms with E-state index in [0.717, 1.165) is 18.2 Å². The molecule has 0 atom stereocenters. The lowest BCUT2D eigenvalue weighted by Gasteiger charge is -2.13. The number of aliphatic hydroxyl groups excluding tert-OH is 1. The Morgan fingerprint density at radius 2 is 1.70 bits per heavy atom. The monoisotopic (exact) mass is 550 g/mol. The molecule has 0 unspecified atom stereocenters. The van der Waals surface area contributed by atoms with Crippen LogP contribution in [0.1, 0.15) is 36.5 Å². The van der Waals surface area contributed by atoms with Gasteiger partial charge in [-0.25, -0.2) is 26.6 Å². The van der Waals surface area contributed by atoms with Crippen LogP contribution < -0.4 is 0 Å². The van der Waals surface area contributed by atoms with Gasteiger partial charge in [-0.1, -0.05) is 23.7 Å². The molecule has 1 heterocycles. The molecule has 0 radical (unpaired) electrons. The number of halogens is 4. The van der Waals surface area contributed by atoms with E-state index in [-0.39, 0.29) is 44.4 Å². The van der Waals surface area contributed by atoms with E-state index in [1.807, 2.05) is 0 Å². The summed E-state index contributed by atoms with van der Waals surface area (Å²) in [6.07, 6.45) is 1.57. The number of nitrogens with zero attached hydrogens (tertiary/aromatic N) is 2. The van der Waals surface area contributed by atoms with Crippen LogP contribution in [0.5, 0.6) is 0 Å². The lowest BCUT2D eigenvalue weighted by Crippen LogP contribution is -2.16. The van der Waals surface area contributed by atoms with Crippen molar-refractivity contribution in [2.45, 2.75) is 37.4 Å². The normalized spacial score (nSPS) is 11.9. The molecule has 37 heavy (non-hydrogen) atoms. The van der Waals surface area contributed by atoms with E-state index in [2.05, 4.69) is 4.98 Å².